The zero-order chi connectivity index (χ0) is 10.7. The number of carbonyl (C=O) groups excluding carboxylic acids is 1. The molecule has 1 aromatic rings. The summed E-state index contributed by atoms with van der Waals surface area (Å²) < 4.78 is 0. The van der Waals surface area contributed by atoms with E-state index >= 15 is 0 Å². The minimum atomic E-state index is 0.159. The third-order valence-corrected chi connectivity index (χ3v) is 4.27. The number of fused-ring (bicyclic) bond motifs is 2. The number of rotatable bonds is 1. The lowest BCUT2D eigenvalue weighted by Crippen LogP contribution is -2.31. The largest absolute Gasteiger partial charge is 0.337 e. The Hall–Kier alpha value is -1.32. The van der Waals surface area contributed by atoms with Crippen molar-refractivity contribution in [1.29, 1.82) is 0 Å². The zero-order valence-corrected chi connectivity index (χ0v) is 9.20. The summed E-state index contributed by atoms with van der Waals surface area (Å²) in [6, 6.07) is 0. The number of nitrogens with one attached hydrogen (secondary N) is 1. The molecule has 84 valence electrons. The molecule has 0 spiro atoms. The third-order valence-electron chi connectivity index (χ3n) is 4.27. The topological polar surface area (TPSA) is 49.0 Å². The van der Waals surface area contributed by atoms with Crippen LogP contribution in [0.1, 0.15) is 34.6 Å². The molecule has 1 amide bonds. The fraction of sp³-hybridized carbons (Fsp3) is 0.667. The van der Waals surface area contributed by atoms with Crippen LogP contribution < -0.4 is 0 Å². The van der Waals surface area contributed by atoms with Gasteiger partial charge in [-0.25, -0.2) is 0 Å². The number of carbonyl (C=O) groups is 1. The van der Waals surface area contributed by atoms with Crippen LogP contribution in [0, 0.1) is 11.8 Å². The first kappa shape index (κ1) is 8.79. The van der Waals surface area contributed by atoms with Crippen molar-refractivity contribution in [3.8, 4) is 0 Å². The first-order valence-electron chi connectivity index (χ1n) is 6.18. The minimum absolute atomic E-state index is 0.159. The summed E-state index contributed by atoms with van der Waals surface area (Å²) in [6.07, 6.45) is 4.58. The highest BCUT2D eigenvalue weighted by molar-refractivity contribution is 5.94. The highest BCUT2D eigenvalue weighted by Crippen LogP contribution is 2.45. The Morgan fingerprint density at radius 3 is 2.94 bits per heavy atom. The Labute approximate surface area is 94.0 Å². The molecule has 1 N–H and O–H groups in total. The zero-order valence-electron chi connectivity index (χ0n) is 9.20. The standard InChI is InChI=1S/C12H15N3O/c16-12(15-5-7-4-8(7)6-15)11-9-2-1-3-10(9)13-14-11/h7-8H,1-6H2,(H,13,14). The second-order valence-electron chi connectivity index (χ2n) is 5.35. The molecule has 3 aliphatic rings. The number of nitrogens with zero attached hydrogens (tertiary/aromatic N) is 2. The summed E-state index contributed by atoms with van der Waals surface area (Å²) in [5.74, 6) is 1.76. The lowest BCUT2D eigenvalue weighted by Gasteiger charge is -2.16. The van der Waals surface area contributed by atoms with Crippen molar-refractivity contribution in [1.82, 2.24) is 15.1 Å². The summed E-state index contributed by atoms with van der Waals surface area (Å²) in [5.41, 5.74) is 3.08. The van der Waals surface area contributed by atoms with E-state index in [1.54, 1.807) is 0 Å². The number of likely N-dealkylation sites (tertiary alicyclic amines) is 1. The average Bonchev–Trinajstić information content (AvgIpc) is 2.76. The lowest BCUT2D eigenvalue weighted by atomic mass is 10.2. The molecule has 0 aromatic carbocycles. The lowest BCUT2D eigenvalue weighted by molar-refractivity contribution is 0.0768. The predicted octanol–water partition coefficient (Wildman–Crippen LogP) is 0.990. The predicted molar refractivity (Wildman–Crippen MR) is 58.1 cm³/mol. The fourth-order valence-corrected chi connectivity index (χ4v) is 3.21. The van der Waals surface area contributed by atoms with Crippen LogP contribution in [0.3, 0.4) is 0 Å². The maximum Gasteiger partial charge on any atom is 0.274 e. The van der Waals surface area contributed by atoms with Crippen molar-refractivity contribution in [2.45, 2.75) is 25.7 Å². The van der Waals surface area contributed by atoms with E-state index in [0.717, 1.165) is 44.2 Å². The highest BCUT2D eigenvalue weighted by atomic mass is 16.2. The maximum absolute atomic E-state index is 12.3. The van der Waals surface area contributed by atoms with E-state index < -0.39 is 0 Å². The van der Waals surface area contributed by atoms with Gasteiger partial charge in [-0.2, -0.15) is 5.10 Å². The van der Waals surface area contributed by atoms with Crippen molar-refractivity contribution in [2.75, 3.05) is 13.1 Å². The maximum atomic E-state index is 12.3. The SMILES string of the molecule is O=C(c1n[nH]c2c1CCC2)N1CC2CC2C1. The molecule has 1 aliphatic heterocycles. The third kappa shape index (κ3) is 1.10. The van der Waals surface area contributed by atoms with Gasteiger partial charge in [0.25, 0.3) is 5.91 Å². The summed E-state index contributed by atoms with van der Waals surface area (Å²) in [4.78, 5) is 14.3. The van der Waals surface area contributed by atoms with Crippen LogP contribution in [-0.2, 0) is 12.8 Å². The van der Waals surface area contributed by atoms with Crippen molar-refractivity contribution < 1.29 is 4.79 Å². The minimum Gasteiger partial charge on any atom is -0.337 e. The van der Waals surface area contributed by atoms with E-state index in [1.807, 2.05) is 4.90 Å². The van der Waals surface area contributed by atoms with E-state index in [2.05, 4.69) is 10.2 Å². The number of amides is 1. The first-order chi connectivity index (χ1) is 7.83. The molecule has 0 bridgehead atoms. The van der Waals surface area contributed by atoms with Crippen LogP contribution >= 0.6 is 0 Å². The van der Waals surface area contributed by atoms with Crippen LogP contribution in [0.2, 0.25) is 0 Å². The monoisotopic (exact) mass is 217 g/mol. The smallest absolute Gasteiger partial charge is 0.274 e. The Balaban J connectivity index is 1.62. The Morgan fingerprint density at radius 1 is 1.31 bits per heavy atom. The summed E-state index contributed by atoms with van der Waals surface area (Å²) in [6.45, 7) is 1.93. The van der Waals surface area contributed by atoms with Gasteiger partial charge < -0.3 is 4.90 Å². The number of piperidine rings is 1. The number of H-pyrrole nitrogens is 1. The van der Waals surface area contributed by atoms with E-state index in [0.29, 0.717) is 5.69 Å². The van der Waals surface area contributed by atoms with E-state index in [9.17, 15) is 4.79 Å². The van der Waals surface area contributed by atoms with E-state index in [4.69, 9.17) is 0 Å². The van der Waals surface area contributed by atoms with Gasteiger partial charge in [0.2, 0.25) is 0 Å². The quantitative estimate of drug-likeness (QED) is 0.762. The molecule has 16 heavy (non-hydrogen) atoms. The molecule has 2 atom stereocenters. The molecule has 2 aliphatic carbocycles. The number of aromatic nitrogens is 2. The van der Waals surface area contributed by atoms with Crippen molar-refractivity contribution >= 4 is 5.91 Å². The van der Waals surface area contributed by atoms with Gasteiger partial charge in [0.1, 0.15) is 0 Å². The molecule has 1 saturated carbocycles. The molecule has 4 nitrogen and oxygen atoms in total. The van der Waals surface area contributed by atoms with E-state index in [-0.39, 0.29) is 5.91 Å². The first-order valence-corrected chi connectivity index (χ1v) is 6.18. The molecule has 1 saturated heterocycles. The van der Waals surface area contributed by atoms with Gasteiger partial charge in [0.05, 0.1) is 0 Å². The Bertz CT molecular complexity index is 455. The molecular weight excluding hydrogens is 202 g/mol. The Kier molecular flexibility index (Phi) is 1.58. The van der Waals surface area contributed by atoms with E-state index in [1.165, 1.54) is 17.7 Å². The summed E-state index contributed by atoms with van der Waals surface area (Å²) in [7, 11) is 0. The second-order valence-corrected chi connectivity index (χ2v) is 5.35. The number of hydrogen-bond donors (Lipinski definition) is 1. The van der Waals surface area contributed by atoms with Crippen molar-refractivity contribution in [3.63, 3.8) is 0 Å². The molecule has 4 heteroatoms. The number of hydrogen-bond acceptors (Lipinski definition) is 2. The van der Waals surface area contributed by atoms with Crippen LogP contribution in [0.5, 0.6) is 0 Å². The molecular formula is C12H15N3O. The number of aryl methyl sites for hydroxylation is 1. The van der Waals surface area contributed by atoms with Crippen molar-refractivity contribution in [3.05, 3.63) is 17.0 Å². The van der Waals surface area contributed by atoms with Gasteiger partial charge in [-0.3, -0.25) is 9.89 Å². The van der Waals surface area contributed by atoms with Gasteiger partial charge in [-0.1, -0.05) is 0 Å². The number of aromatic amines is 1. The molecule has 2 unspecified atom stereocenters. The average molecular weight is 217 g/mol. The molecule has 0 radical (unpaired) electrons. The molecule has 2 fully saturated rings. The Morgan fingerprint density at radius 2 is 2.12 bits per heavy atom. The summed E-state index contributed by atoms with van der Waals surface area (Å²) >= 11 is 0. The molecule has 1 aromatic heterocycles. The molecule has 2 heterocycles. The molecule has 4 rings (SSSR count). The van der Waals surface area contributed by atoms with Gasteiger partial charge in [0, 0.05) is 24.3 Å². The fourth-order valence-electron chi connectivity index (χ4n) is 3.21. The van der Waals surface area contributed by atoms with Crippen LogP contribution in [0.25, 0.3) is 0 Å². The van der Waals surface area contributed by atoms with Crippen LogP contribution in [0.4, 0.5) is 0 Å². The van der Waals surface area contributed by atoms with Crippen LogP contribution in [0.15, 0.2) is 0 Å². The second kappa shape index (κ2) is 2.87. The van der Waals surface area contributed by atoms with Gasteiger partial charge in [-0.05, 0) is 37.5 Å². The van der Waals surface area contributed by atoms with Gasteiger partial charge >= 0.3 is 0 Å². The van der Waals surface area contributed by atoms with Crippen molar-refractivity contribution in [2.24, 2.45) is 11.8 Å². The highest BCUT2D eigenvalue weighted by Gasteiger charge is 2.47. The van der Waals surface area contributed by atoms with Gasteiger partial charge in [-0.15, -0.1) is 0 Å². The van der Waals surface area contributed by atoms with Crippen LogP contribution in [-0.4, -0.2) is 34.1 Å². The summed E-state index contributed by atoms with van der Waals surface area (Å²) in [5, 5.41) is 7.22. The normalized spacial score (nSPS) is 30.4. The van der Waals surface area contributed by atoms with Gasteiger partial charge in [0.15, 0.2) is 5.69 Å².